The van der Waals surface area contributed by atoms with Crippen molar-refractivity contribution >= 4 is 10.0 Å². The second-order valence-electron chi connectivity index (χ2n) is 5.64. The van der Waals surface area contributed by atoms with E-state index in [4.69, 9.17) is 0 Å². The van der Waals surface area contributed by atoms with Crippen LogP contribution in [-0.4, -0.2) is 47.4 Å². The number of aryl methyl sites for hydroxylation is 2. The SMILES string of the molecule is Cc1nc(S(=O)(=O)N2C(C)CC3CNCC32)cn1C. The maximum atomic E-state index is 12.8. The predicted octanol–water partition coefficient (Wildman–Crippen LogP) is 0.0994. The van der Waals surface area contributed by atoms with Crippen LogP contribution in [0.3, 0.4) is 0 Å². The van der Waals surface area contributed by atoms with Crippen molar-refractivity contribution in [1.29, 1.82) is 0 Å². The van der Waals surface area contributed by atoms with E-state index < -0.39 is 10.0 Å². The van der Waals surface area contributed by atoms with Crippen LogP contribution in [0.1, 0.15) is 19.2 Å². The van der Waals surface area contributed by atoms with Gasteiger partial charge < -0.3 is 9.88 Å². The molecule has 6 nitrogen and oxygen atoms in total. The monoisotopic (exact) mass is 284 g/mol. The molecule has 3 atom stereocenters. The average molecular weight is 284 g/mol. The van der Waals surface area contributed by atoms with Crippen molar-refractivity contribution in [3.63, 3.8) is 0 Å². The number of imidazole rings is 1. The number of sulfonamides is 1. The molecule has 7 heteroatoms. The third-order valence-corrected chi connectivity index (χ3v) is 6.25. The highest BCUT2D eigenvalue weighted by molar-refractivity contribution is 7.89. The minimum Gasteiger partial charge on any atom is -0.337 e. The maximum absolute atomic E-state index is 12.8. The Labute approximate surface area is 113 Å². The number of rotatable bonds is 2. The molecular weight excluding hydrogens is 264 g/mol. The molecule has 2 fully saturated rings. The molecule has 1 aromatic heterocycles. The topological polar surface area (TPSA) is 67.2 Å². The van der Waals surface area contributed by atoms with E-state index in [0.29, 0.717) is 11.7 Å². The Balaban J connectivity index is 2.00. The molecular formula is C12H20N4O2S. The minimum atomic E-state index is -3.48. The van der Waals surface area contributed by atoms with E-state index in [2.05, 4.69) is 10.3 Å². The molecule has 0 bridgehead atoms. The van der Waals surface area contributed by atoms with Gasteiger partial charge >= 0.3 is 0 Å². The first-order valence-corrected chi connectivity index (χ1v) is 8.09. The average Bonchev–Trinajstić information content (AvgIpc) is 2.94. The van der Waals surface area contributed by atoms with Crippen LogP contribution < -0.4 is 5.32 Å². The predicted molar refractivity (Wildman–Crippen MR) is 71.2 cm³/mol. The lowest BCUT2D eigenvalue weighted by Gasteiger charge is -2.25. The zero-order valence-electron chi connectivity index (χ0n) is 11.5. The number of nitrogens with zero attached hydrogens (tertiary/aromatic N) is 3. The van der Waals surface area contributed by atoms with Crippen LogP contribution in [0, 0.1) is 12.8 Å². The number of aromatic nitrogens is 2. The van der Waals surface area contributed by atoms with Crippen LogP contribution in [0.5, 0.6) is 0 Å². The van der Waals surface area contributed by atoms with Crippen molar-refractivity contribution in [1.82, 2.24) is 19.2 Å². The summed E-state index contributed by atoms with van der Waals surface area (Å²) in [6, 6.07) is 0.145. The highest BCUT2D eigenvalue weighted by Crippen LogP contribution is 2.36. The van der Waals surface area contributed by atoms with E-state index in [0.717, 1.165) is 19.5 Å². The van der Waals surface area contributed by atoms with Gasteiger partial charge in [-0.1, -0.05) is 0 Å². The molecule has 0 radical (unpaired) electrons. The van der Waals surface area contributed by atoms with Crippen molar-refractivity contribution in [2.45, 2.75) is 37.4 Å². The lowest BCUT2D eigenvalue weighted by Crippen LogP contribution is -2.42. The molecule has 3 rings (SSSR count). The zero-order valence-corrected chi connectivity index (χ0v) is 12.3. The highest BCUT2D eigenvalue weighted by Gasteiger charge is 2.48. The largest absolute Gasteiger partial charge is 0.337 e. The fourth-order valence-electron chi connectivity index (χ4n) is 3.30. The van der Waals surface area contributed by atoms with E-state index in [1.54, 1.807) is 15.1 Å². The summed E-state index contributed by atoms with van der Waals surface area (Å²) in [7, 11) is -1.67. The fourth-order valence-corrected chi connectivity index (χ4v) is 5.22. The molecule has 0 aliphatic carbocycles. The quantitative estimate of drug-likeness (QED) is 0.836. The summed E-state index contributed by atoms with van der Waals surface area (Å²) < 4.78 is 29.0. The Kier molecular flexibility index (Phi) is 2.95. The first-order chi connectivity index (χ1) is 8.91. The molecule has 2 aliphatic heterocycles. The van der Waals surface area contributed by atoms with E-state index in [9.17, 15) is 8.42 Å². The Bertz CT molecular complexity index is 575. The van der Waals surface area contributed by atoms with Gasteiger partial charge in [-0.3, -0.25) is 0 Å². The Morgan fingerprint density at radius 1 is 1.42 bits per heavy atom. The molecule has 0 amide bonds. The Morgan fingerprint density at radius 3 is 2.79 bits per heavy atom. The zero-order chi connectivity index (χ0) is 13.8. The third-order valence-electron chi connectivity index (χ3n) is 4.34. The minimum absolute atomic E-state index is 0.0596. The maximum Gasteiger partial charge on any atom is 0.262 e. The summed E-state index contributed by atoms with van der Waals surface area (Å²) in [5, 5.41) is 3.46. The van der Waals surface area contributed by atoms with Gasteiger partial charge in [-0.05, 0) is 32.7 Å². The van der Waals surface area contributed by atoms with Crippen molar-refractivity contribution in [2.75, 3.05) is 13.1 Å². The van der Waals surface area contributed by atoms with Gasteiger partial charge in [0.15, 0.2) is 5.03 Å². The number of hydrogen-bond acceptors (Lipinski definition) is 4. The lowest BCUT2D eigenvalue weighted by atomic mass is 10.0. The second kappa shape index (κ2) is 4.29. The van der Waals surface area contributed by atoms with Gasteiger partial charge in [0.05, 0.1) is 0 Å². The van der Waals surface area contributed by atoms with Gasteiger partial charge in [0.1, 0.15) is 5.82 Å². The normalized spacial score (nSPS) is 31.8. The summed E-state index contributed by atoms with van der Waals surface area (Å²) in [6.07, 6.45) is 2.54. The molecule has 1 aromatic rings. The van der Waals surface area contributed by atoms with Crippen LogP contribution in [0.4, 0.5) is 0 Å². The van der Waals surface area contributed by atoms with Crippen LogP contribution in [0.2, 0.25) is 0 Å². The lowest BCUT2D eigenvalue weighted by molar-refractivity contribution is 0.334. The van der Waals surface area contributed by atoms with E-state index in [1.807, 2.05) is 20.9 Å². The number of hydrogen-bond donors (Lipinski definition) is 1. The van der Waals surface area contributed by atoms with E-state index in [1.165, 1.54) is 0 Å². The molecule has 2 aliphatic rings. The smallest absolute Gasteiger partial charge is 0.262 e. The van der Waals surface area contributed by atoms with Crippen molar-refractivity contribution in [2.24, 2.45) is 13.0 Å². The summed E-state index contributed by atoms with van der Waals surface area (Å²) in [4.78, 5) is 4.19. The van der Waals surface area contributed by atoms with Crippen LogP contribution in [0.15, 0.2) is 11.2 Å². The molecule has 3 heterocycles. The van der Waals surface area contributed by atoms with Crippen LogP contribution in [-0.2, 0) is 17.1 Å². The molecule has 0 spiro atoms. The summed E-state index contributed by atoms with van der Waals surface area (Å²) in [5.41, 5.74) is 0. The molecule has 3 unspecified atom stereocenters. The van der Waals surface area contributed by atoms with Crippen LogP contribution in [0.25, 0.3) is 0 Å². The van der Waals surface area contributed by atoms with Gasteiger partial charge in [-0.15, -0.1) is 0 Å². The first-order valence-electron chi connectivity index (χ1n) is 6.65. The first kappa shape index (κ1) is 13.1. The second-order valence-corrected chi connectivity index (χ2v) is 7.43. The van der Waals surface area contributed by atoms with Crippen LogP contribution >= 0.6 is 0 Å². The van der Waals surface area contributed by atoms with Gasteiger partial charge in [0, 0.05) is 31.9 Å². The molecule has 19 heavy (non-hydrogen) atoms. The standard InChI is InChI=1S/C12H20N4O2S/c1-8-4-10-5-13-6-11(10)16(8)19(17,18)12-7-15(3)9(2)14-12/h7-8,10-11,13H,4-6H2,1-3H3. The molecule has 106 valence electrons. The third kappa shape index (κ3) is 1.91. The number of fused-ring (bicyclic) bond motifs is 1. The molecule has 0 saturated carbocycles. The molecule has 1 N–H and O–H groups in total. The molecule has 0 aromatic carbocycles. The summed E-state index contributed by atoms with van der Waals surface area (Å²) in [6.45, 7) is 5.47. The Hall–Kier alpha value is -0.920. The van der Waals surface area contributed by atoms with Crippen molar-refractivity contribution in [3.8, 4) is 0 Å². The fraction of sp³-hybridized carbons (Fsp3) is 0.750. The molecule has 2 saturated heterocycles. The van der Waals surface area contributed by atoms with E-state index >= 15 is 0 Å². The van der Waals surface area contributed by atoms with Gasteiger partial charge in [-0.2, -0.15) is 4.31 Å². The van der Waals surface area contributed by atoms with E-state index in [-0.39, 0.29) is 17.1 Å². The van der Waals surface area contributed by atoms with Gasteiger partial charge in [0.25, 0.3) is 10.0 Å². The van der Waals surface area contributed by atoms with Crippen molar-refractivity contribution < 1.29 is 8.42 Å². The number of nitrogens with one attached hydrogen (secondary N) is 1. The summed E-state index contributed by atoms with van der Waals surface area (Å²) >= 11 is 0. The summed E-state index contributed by atoms with van der Waals surface area (Å²) in [5.74, 6) is 1.15. The highest BCUT2D eigenvalue weighted by atomic mass is 32.2. The van der Waals surface area contributed by atoms with Gasteiger partial charge in [-0.25, -0.2) is 13.4 Å². The Morgan fingerprint density at radius 2 is 2.16 bits per heavy atom. The van der Waals surface area contributed by atoms with Crippen molar-refractivity contribution in [3.05, 3.63) is 12.0 Å². The van der Waals surface area contributed by atoms with Gasteiger partial charge in [0.2, 0.25) is 0 Å².